The number of hydrogen-bond acceptors (Lipinski definition) is 3. The molecular weight excluding hydrogens is 286 g/mol. The molecule has 0 fully saturated rings. The Kier molecular flexibility index (Phi) is 5.69. The quantitative estimate of drug-likeness (QED) is 0.765. The predicted octanol–water partition coefficient (Wildman–Crippen LogP) is 4.89. The first-order valence-electron chi connectivity index (χ1n) is 8.44. The minimum absolute atomic E-state index is 0.0392. The van der Waals surface area contributed by atoms with Crippen LogP contribution in [0.25, 0.3) is 0 Å². The second kappa shape index (κ2) is 7.53. The fourth-order valence-electron chi connectivity index (χ4n) is 2.67. The van der Waals surface area contributed by atoms with Crippen LogP contribution in [0.3, 0.4) is 0 Å². The van der Waals surface area contributed by atoms with E-state index in [1.54, 1.807) is 0 Å². The molecule has 0 bridgehead atoms. The highest BCUT2D eigenvalue weighted by atomic mass is 16.5. The first kappa shape index (κ1) is 17.4. The van der Waals surface area contributed by atoms with Crippen LogP contribution in [0.1, 0.15) is 58.7 Å². The standard InChI is InChI=1S/C19H29N3O/c1-6-8-14(2)23-17-10-7-9-16(11-17)20-12-15-13-21-22-18(15)19(3,4)5/h7,9-11,13-14,20H,6,8,12H2,1-5H3,(H,21,22). The molecule has 0 radical (unpaired) electrons. The third kappa shape index (κ3) is 5.02. The van der Waals surface area contributed by atoms with Crippen LogP contribution in [0.4, 0.5) is 5.69 Å². The molecule has 0 aliphatic heterocycles. The van der Waals surface area contributed by atoms with Gasteiger partial charge in [0.25, 0.3) is 0 Å². The van der Waals surface area contributed by atoms with Crippen LogP contribution in [0.5, 0.6) is 5.75 Å². The number of rotatable bonds is 7. The zero-order valence-corrected chi connectivity index (χ0v) is 14.9. The summed E-state index contributed by atoms with van der Waals surface area (Å²) in [5, 5.41) is 10.8. The number of hydrogen-bond donors (Lipinski definition) is 2. The van der Waals surface area contributed by atoms with Gasteiger partial charge in [0.1, 0.15) is 5.75 Å². The van der Waals surface area contributed by atoms with E-state index in [1.165, 1.54) is 5.56 Å². The van der Waals surface area contributed by atoms with Gasteiger partial charge >= 0.3 is 0 Å². The van der Waals surface area contributed by atoms with Crippen molar-refractivity contribution in [3.8, 4) is 5.75 Å². The summed E-state index contributed by atoms with van der Waals surface area (Å²) in [4.78, 5) is 0. The first-order valence-corrected chi connectivity index (χ1v) is 8.44. The third-order valence-corrected chi connectivity index (χ3v) is 3.78. The van der Waals surface area contributed by atoms with Crippen LogP contribution in [-0.2, 0) is 12.0 Å². The maximum atomic E-state index is 5.95. The lowest BCUT2D eigenvalue weighted by Crippen LogP contribution is -2.15. The van der Waals surface area contributed by atoms with Crippen LogP contribution in [0.2, 0.25) is 0 Å². The molecule has 2 rings (SSSR count). The average Bonchev–Trinajstić information content (AvgIpc) is 2.94. The number of anilines is 1. The monoisotopic (exact) mass is 315 g/mol. The van der Waals surface area contributed by atoms with Crippen molar-refractivity contribution in [2.45, 2.75) is 65.5 Å². The second-order valence-electron chi connectivity index (χ2n) is 7.11. The van der Waals surface area contributed by atoms with Gasteiger partial charge in [0.15, 0.2) is 0 Å². The van der Waals surface area contributed by atoms with Gasteiger partial charge < -0.3 is 10.1 Å². The Bertz CT molecular complexity index is 613. The molecule has 2 N–H and O–H groups in total. The molecule has 1 atom stereocenters. The maximum Gasteiger partial charge on any atom is 0.121 e. The molecule has 23 heavy (non-hydrogen) atoms. The van der Waals surface area contributed by atoms with E-state index in [9.17, 15) is 0 Å². The van der Waals surface area contributed by atoms with E-state index in [4.69, 9.17) is 4.74 Å². The Morgan fingerprint density at radius 2 is 2.09 bits per heavy atom. The third-order valence-electron chi connectivity index (χ3n) is 3.78. The minimum atomic E-state index is 0.0392. The molecule has 1 heterocycles. The lowest BCUT2D eigenvalue weighted by molar-refractivity contribution is 0.210. The van der Waals surface area contributed by atoms with Gasteiger partial charge in [-0.1, -0.05) is 40.2 Å². The average molecular weight is 315 g/mol. The number of nitrogens with one attached hydrogen (secondary N) is 2. The van der Waals surface area contributed by atoms with Crippen LogP contribution in [0, 0.1) is 0 Å². The molecule has 4 heteroatoms. The van der Waals surface area contributed by atoms with E-state index in [1.807, 2.05) is 18.3 Å². The topological polar surface area (TPSA) is 49.9 Å². The summed E-state index contributed by atoms with van der Waals surface area (Å²) in [5.41, 5.74) is 3.40. The summed E-state index contributed by atoms with van der Waals surface area (Å²) in [6.07, 6.45) is 4.42. The van der Waals surface area contributed by atoms with Crippen molar-refractivity contribution < 1.29 is 4.74 Å². The van der Waals surface area contributed by atoms with Gasteiger partial charge in [-0.2, -0.15) is 5.10 Å². The molecule has 0 saturated carbocycles. The fraction of sp³-hybridized carbons (Fsp3) is 0.526. The van der Waals surface area contributed by atoms with Crippen LogP contribution in [-0.4, -0.2) is 16.3 Å². The van der Waals surface area contributed by atoms with Crippen molar-refractivity contribution in [2.75, 3.05) is 5.32 Å². The van der Waals surface area contributed by atoms with Gasteiger partial charge in [0, 0.05) is 35.5 Å². The van der Waals surface area contributed by atoms with Crippen molar-refractivity contribution >= 4 is 5.69 Å². The molecule has 1 aromatic carbocycles. The van der Waals surface area contributed by atoms with Gasteiger partial charge in [-0.05, 0) is 25.5 Å². The molecular formula is C19H29N3O. The SMILES string of the molecule is CCCC(C)Oc1cccc(NCc2c[nH]nc2C(C)(C)C)c1. The Morgan fingerprint density at radius 3 is 2.78 bits per heavy atom. The van der Waals surface area contributed by atoms with E-state index in [0.717, 1.165) is 36.5 Å². The first-order chi connectivity index (χ1) is 10.9. The molecule has 4 nitrogen and oxygen atoms in total. The molecule has 0 saturated heterocycles. The largest absolute Gasteiger partial charge is 0.491 e. The Balaban J connectivity index is 2.00. The summed E-state index contributed by atoms with van der Waals surface area (Å²) >= 11 is 0. The maximum absolute atomic E-state index is 5.95. The predicted molar refractivity (Wildman–Crippen MR) is 96.1 cm³/mol. The molecule has 1 aromatic heterocycles. The zero-order valence-electron chi connectivity index (χ0n) is 14.9. The van der Waals surface area contributed by atoms with Crippen molar-refractivity contribution in [1.29, 1.82) is 0 Å². The molecule has 0 aliphatic carbocycles. The van der Waals surface area contributed by atoms with Crippen molar-refractivity contribution in [2.24, 2.45) is 0 Å². The number of nitrogens with zero attached hydrogens (tertiary/aromatic N) is 1. The summed E-state index contributed by atoms with van der Waals surface area (Å²) < 4.78 is 5.95. The highest BCUT2D eigenvalue weighted by Crippen LogP contribution is 2.25. The van der Waals surface area contributed by atoms with Gasteiger partial charge in [0.05, 0.1) is 11.8 Å². The van der Waals surface area contributed by atoms with Crippen molar-refractivity contribution in [1.82, 2.24) is 10.2 Å². The minimum Gasteiger partial charge on any atom is -0.491 e. The Hall–Kier alpha value is -1.97. The molecule has 0 spiro atoms. The van der Waals surface area contributed by atoms with E-state index in [-0.39, 0.29) is 11.5 Å². The lowest BCUT2D eigenvalue weighted by Gasteiger charge is -2.18. The van der Waals surface area contributed by atoms with Gasteiger partial charge in [-0.25, -0.2) is 0 Å². The number of benzene rings is 1. The highest BCUT2D eigenvalue weighted by molar-refractivity contribution is 5.48. The number of ether oxygens (including phenoxy) is 1. The highest BCUT2D eigenvalue weighted by Gasteiger charge is 2.20. The van der Waals surface area contributed by atoms with Crippen molar-refractivity contribution in [3.63, 3.8) is 0 Å². The summed E-state index contributed by atoms with van der Waals surface area (Å²) in [5.74, 6) is 0.916. The lowest BCUT2D eigenvalue weighted by atomic mass is 9.89. The molecule has 0 aliphatic rings. The Labute approximate surface area is 139 Å². The normalized spacial score (nSPS) is 12.9. The molecule has 1 unspecified atom stereocenters. The second-order valence-corrected chi connectivity index (χ2v) is 7.11. The summed E-state index contributed by atoms with van der Waals surface area (Å²) in [6.45, 7) is 11.6. The fourth-order valence-corrected chi connectivity index (χ4v) is 2.67. The van der Waals surface area contributed by atoms with Crippen LogP contribution < -0.4 is 10.1 Å². The summed E-state index contributed by atoms with van der Waals surface area (Å²) in [7, 11) is 0. The summed E-state index contributed by atoms with van der Waals surface area (Å²) in [6, 6.07) is 8.16. The smallest absolute Gasteiger partial charge is 0.121 e. The van der Waals surface area contributed by atoms with E-state index < -0.39 is 0 Å². The number of aromatic amines is 1. The molecule has 126 valence electrons. The van der Waals surface area contributed by atoms with Crippen LogP contribution >= 0.6 is 0 Å². The van der Waals surface area contributed by atoms with Crippen molar-refractivity contribution in [3.05, 3.63) is 41.7 Å². The number of H-pyrrole nitrogens is 1. The molecule has 0 amide bonds. The Morgan fingerprint density at radius 1 is 1.30 bits per heavy atom. The van der Waals surface area contributed by atoms with E-state index >= 15 is 0 Å². The zero-order chi connectivity index (χ0) is 16.9. The van der Waals surface area contributed by atoms with E-state index in [2.05, 4.69) is 62.3 Å². The van der Waals surface area contributed by atoms with E-state index in [0.29, 0.717) is 0 Å². The van der Waals surface area contributed by atoms with Crippen LogP contribution in [0.15, 0.2) is 30.5 Å². The number of aromatic nitrogens is 2. The van der Waals surface area contributed by atoms with Gasteiger partial charge in [-0.3, -0.25) is 5.10 Å². The molecule has 2 aromatic rings. The van der Waals surface area contributed by atoms with Gasteiger partial charge in [-0.15, -0.1) is 0 Å². The van der Waals surface area contributed by atoms with Gasteiger partial charge in [0.2, 0.25) is 0 Å².